The molecule has 2 atom stereocenters. The highest BCUT2D eigenvalue weighted by Crippen LogP contribution is 2.15. The van der Waals surface area contributed by atoms with Gasteiger partial charge in [0.25, 0.3) is 0 Å². The van der Waals surface area contributed by atoms with Gasteiger partial charge in [0.05, 0.1) is 18.8 Å². The second-order valence-electron chi connectivity index (χ2n) is 7.63. The van der Waals surface area contributed by atoms with Crippen molar-refractivity contribution in [3.05, 3.63) is 35.4 Å². The minimum atomic E-state index is 0. The number of likely N-dealkylation sites (tertiary alicyclic amines) is 1. The molecular formula is C21H35IN4O. The topological polar surface area (TPSA) is 40.1 Å². The number of guanidine groups is 1. The van der Waals surface area contributed by atoms with Gasteiger partial charge in [-0.15, -0.1) is 24.0 Å². The maximum Gasteiger partial charge on any atom is 0.194 e. The monoisotopic (exact) mass is 486 g/mol. The Labute approximate surface area is 181 Å². The number of rotatable bonds is 5. The van der Waals surface area contributed by atoms with Crippen molar-refractivity contribution in [2.45, 2.75) is 58.9 Å². The molecule has 0 aliphatic carbocycles. The quantitative estimate of drug-likeness (QED) is 0.393. The zero-order valence-electron chi connectivity index (χ0n) is 17.0. The fourth-order valence-electron chi connectivity index (χ4n) is 3.94. The van der Waals surface area contributed by atoms with Crippen molar-refractivity contribution in [2.24, 2.45) is 4.99 Å². The fraction of sp³-hybridized carbons (Fsp3) is 0.667. The molecule has 0 amide bonds. The maximum absolute atomic E-state index is 5.82. The lowest BCUT2D eigenvalue weighted by Crippen LogP contribution is -2.44. The summed E-state index contributed by atoms with van der Waals surface area (Å²) in [5, 5.41) is 3.43. The Hall–Kier alpha value is -0.860. The smallest absolute Gasteiger partial charge is 0.194 e. The lowest BCUT2D eigenvalue weighted by atomic mass is 10.1. The van der Waals surface area contributed by atoms with Crippen LogP contribution in [0.15, 0.2) is 29.3 Å². The molecule has 2 fully saturated rings. The molecule has 27 heavy (non-hydrogen) atoms. The fourth-order valence-corrected chi connectivity index (χ4v) is 3.94. The molecule has 0 bridgehead atoms. The van der Waals surface area contributed by atoms with Crippen LogP contribution in [0.4, 0.5) is 0 Å². The summed E-state index contributed by atoms with van der Waals surface area (Å²) in [6.07, 6.45) is 3.19. The number of aliphatic imine (C=N–C) groups is 1. The Morgan fingerprint density at radius 1 is 1.07 bits per heavy atom. The number of ether oxygens (including phenoxy) is 1. The van der Waals surface area contributed by atoms with Crippen LogP contribution in [0.5, 0.6) is 0 Å². The Morgan fingerprint density at radius 3 is 2.26 bits per heavy atom. The van der Waals surface area contributed by atoms with Crippen molar-refractivity contribution in [3.63, 3.8) is 0 Å². The van der Waals surface area contributed by atoms with E-state index in [1.165, 1.54) is 24.0 Å². The Kier molecular flexibility index (Phi) is 9.32. The van der Waals surface area contributed by atoms with Crippen LogP contribution in [0.2, 0.25) is 0 Å². The van der Waals surface area contributed by atoms with Gasteiger partial charge in [-0.25, -0.2) is 4.99 Å². The predicted molar refractivity (Wildman–Crippen MR) is 123 cm³/mol. The third-order valence-electron chi connectivity index (χ3n) is 5.08. The number of nitrogens with one attached hydrogen (secondary N) is 1. The van der Waals surface area contributed by atoms with Gasteiger partial charge in [-0.3, -0.25) is 4.90 Å². The van der Waals surface area contributed by atoms with Crippen LogP contribution < -0.4 is 5.32 Å². The minimum Gasteiger partial charge on any atom is -0.373 e. The summed E-state index contributed by atoms with van der Waals surface area (Å²) >= 11 is 0. The molecule has 2 aliphatic heterocycles. The van der Waals surface area contributed by atoms with Crippen LogP contribution in [-0.2, 0) is 17.8 Å². The van der Waals surface area contributed by atoms with Crippen LogP contribution in [0.3, 0.4) is 0 Å². The molecule has 1 N–H and O–H groups in total. The molecule has 3 rings (SSSR count). The average Bonchev–Trinajstić information content (AvgIpc) is 3.13. The van der Waals surface area contributed by atoms with Gasteiger partial charge in [0, 0.05) is 39.3 Å². The highest BCUT2D eigenvalue weighted by molar-refractivity contribution is 14.0. The van der Waals surface area contributed by atoms with E-state index in [-0.39, 0.29) is 24.0 Å². The van der Waals surface area contributed by atoms with Gasteiger partial charge in [0.15, 0.2) is 5.96 Å². The first kappa shape index (κ1) is 22.4. The van der Waals surface area contributed by atoms with Crippen molar-refractivity contribution in [2.75, 3.05) is 32.7 Å². The van der Waals surface area contributed by atoms with E-state index in [2.05, 4.69) is 60.2 Å². The van der Waals surface area contributed by atoms with E-state index >= 15 is 0 Å². The van der Waals surface area contributed by atoms with Gasteiger partial charge in [-0.05, 0) is 44.7 Å². The Balaban J connectivity index is 0.00000261. The second-order valence-corrected chi connectivity index (χ2v) is 7.63. The number of halogens is 1. The lowest BCUT2D eigenvalue weighted by molar-refractivity contribution is -0.0704. The molecule has 152 valence electrons. The van der Waals surface area contributed by atoms with E-state index < -0.39 is 0 Å². The average molecular weight is 486 g/mol. The normalized spacial score (nSPS) is 24.0. The van der Waals surface area contributed by atoms with Gasteiger partial charge in [0.2, 0.25) is 0 Å². The van der Waals surface area contributed by atoms with Crippen LogP contribution in [-0.4, -0.2) is 60.7 Å². The lowest BCUT2D eigenvalue weighted by Gasteiger charge is -2.35. The standard InChI is InChI=1S/C21H34N4O.HI/c1-4-22-21(25-11-5-6-12-25)23-13-19-7-9-20(10-8-19)16-24-14-17(2)26-18(3)15-24;/h7-10,17-18H,4-6,11-16H2,1-3H3,(H,22,23);1H. The molecule has 2 unspecified atom stereocenters. The van der Waals surface area contributed by atoms with Gasteiger partial charge < -0.3 is 15.0 Å². The van der Waals surface area contributed by atoms with E-state index in [0.29, 0.717) is 12.2 Å². The van der Waals surface area contributed by atoms with Gasteiger partial charge >= 0.3 is 0 Å². The van der Waals surface area contributed by atoms with Crippen LogP contribution in [0, 0.1) is 0 Å². The van der Waals surface area contributed by atoms with E-state index in [9.17, 15) is 0 Å². The van der Waals surface area contributed by atoms with Crippen molar-refractivity contribution < 1.29 is 4.74 Å². The number of hydrogen-bond donors (Lipinski definition) is 1. The number of benzene rings is 1. The van der Waals surface area contributed by atoms with Gasteiger partial charge in [-0.1, -0.05) is 24.3 Å². The van der Waals surface area contributed by atoms with E-state index in [4.69, 9.17) is 9.73 Å². The number of hydrogen-bond acceptors (Lipinski definition) is 3. The highest BCUT2D eigenvalue weighted by atomic mass is 127. The second kappa shape index (κ2) is 11.2. The summed E-state index contributed by atoms with van der Waals surface area (Å²) in [7, 11) is 0. The highest BCUT2D eigenvalue weighted by Gasteiger charge is 2.22. The molecule has 1 aromatic rings. The molecular weight excluding hydrogens is 451 g/mol. The third kappa shape index (κ3) is 6.91. The van der Waals surface area contributed by atoms with Crippen LogP contribution in [0.25, 0.3) is 0 Å². The first-order valence-corrected chi connectivity index (χ1v) is 10.1. The van der Waals surface area contributed by atoms with Crippen molar-refractivity contribution >= 4 is 29.9 Å². The molecule has 0 saturated carbocycles. The summed E-state index contributed by atoms with van der Waals surface area (Å²) < 4.78 is 5.82. The van der Waals surface area contributed by atoms with Crippen molar-refractivity contribution in [3.8, 4) is 0 Å². The predicted octanol–water partition coefficient (Wildman–Crippen LogP) is 3.48. The van der Waals surface area contributed by atoms with Crippen molar-refractivity contribution in [1.82, 2.24) is 15.1 Å². The van der Waals surface area contributed by atoms with E-state index in [1.54, 1.807) is 0 Å². The summed E-state index contributed by atoms with van der Waals surface area (Å²) in [6.45, 7) is 13.4. The molecule has 0 aromatic heterocycles. The molecule has 1 aromatic carbocycles. The molecule has 0 radical (unpaired) electrons. The molecule has 0 spiro atoms. The molecule has 2 heterocycles. The maximum atomic E-state index is 5.82. The first-order chi connectivity index (χ1) is 12.6. The summed E-state index contributed by atoms with van der Waals surface area (Å²) in [5.74, 6) is 1.06. The zero-order valence-corrected chi connectivity index (χ0v) is 19.3. The number of morpholine rings is 1. The van der Waals surface area contributed by atoms with E-state index in [1.807, 2.05) is 0 Å². The van der Waals surface area contributed by atoms with E-state index in [0.717, 1.165) is 51.8 Å². The van der Waals surface area contributed by atoms with Crippen LogP contribution in [0.1, 0.15) is 44.7 Å². The molecule has 5 nitrogen and oxygen atoms in total. The van der Waals surface area contributed by atoms with Gasteiger partial charge in [0.1, 0.15) is 0 Å². The SMILES string of the molecule is CCNC(=NCc1ccc(CN2CC(C)OC(C)C2)cc1)N1CCCC1.I. The summed E-state index contributed by atoms with van der Waals surface area (Å²) in [6, 6.07) is 8.94. The Morgan fingerprint density at radius 2 is 1.67 bits per heavy atom. The Bertz CT molecular complexity index is 576. The largest absolute Gasteiger partial charge is 0.373 e. The molecule has 6 heteroatoms. The van der Waals surface area contributed by atoms with Gasteiger partial charge in [-0.2, -0.15) is 0 Å². The third-order valence-corrected chi connectivity index (χ3v) is 5.08. The van der Waals surface area contributed by atoms with Crippen molar-refractivity contribution in [1.29, 1.82) is 0 Å². The summed E-state index contributed by atoms with van der Waals surface area (Å²) in [4.78, 5) is 9.70. The molecule has 2 aliphatic rings. The summed E-state index contributed by atoms with van der Waals surface area (Å²) in [5.41, 5.74) is 2.64. The van der Waals surface area contributed by atoms with Crippen LogP contribution >= 0.6 is 24.0 Å². The zero-order chi connectivity index (χ0) is 18.4. The number of nitrogens with zero attached hydrogens (tertiary/aromatic N) is 3. The molecule has 2 saturated heterocycles. The minimum absolute atomic E-state index is 0. The first-order valence-electron chi connectivity index (χ1n) is 10.1.